The van der Waals surface area contributed by atoms with Gasteiger partial charge in [-0.15, -0.1) is 0 Å². The Morgan fingerprint density at radius 1 is 1.08 bits per heavy atom. The molecule has 0 fully saturated rings. The molecule has 0 saturated carbocycles. The van der Waals surface area contributed by atoms with Gasteiger partial charge in [0.15, 0.2) is 6.61 Å². The fourth-order valence-corrected chi connectivity index (χ4v) is 2.32. The number of hydrogen-bond donors (Lipinski definition) is 1. The number of carbonyl (C=O) groups is 1. The number of rotatable bonds is 7. The molecule has 0 bridgehead atoms. The number of nitrogens with zero attached hydrogens (tertiary/aromatic N) is 1. The van der Waals surface area contributed by atoms with E-state index < -0.39 is 0 Å². The normalized spacial score (nSPS) is 11.2. The fourth-order valence-electron chi connectivity index (χ4n) is 2.32. The first-order valence-electron chi connectivity index (χ1n) is 8.21. The highest BCUT2D eigenvalue weighted by atomic mass is 16.5. The van der Waals surface area contributed by atoms with E-state index in [0.717, 1.165) is 41.0 Å². The van der Waals surface area contributed by atoms with Crippen LogP contribution in [0.25, 0.3) is 0 Å². The molecule has 2 aromatic carbocycles. The third-order valence-corrected chi connectivity index (χ3v) is 3.82. The maximum absolute atomic E-state index is 12.0. The first kappa shape index (κ1) is 17.7. The van der Waals surface area contributed by atoms with E-state index in [-0.39, 0.29) is 12.5 Å². The smallest absolute Gasteiger partial charge is 0.277 e. The van der Waals surface area contributed by atoms with Gasteiger partial charge in [-0.3, -0.25) is 4.79 Å². The van der Waals surface area contributed by atoms with Crippen LogP contribution < -0.4 is 10.2 Å². The number of hydrogen-bond acceptors (Lipinski definition) is 3. The molecule has 0 heterocycles. The fraction of sp³-hybridized carbons (Fsp3) is 0.300. The van der Waals surface area contributed by atoms with Crippen molar-refractivity contribution < 1.29 is 9.53 Å². The molecule has 0 aromatic heterocycles. The monoisotopic (exact) mass is 324 g/mol. The minimum atomic E-state index is -0.263. The lowest BCUT2D eigenvalue weighted by Crippen LogP contribution is -2.26. The second kappa shape index (κ2) is 8.87. The van der Waals surface area contributed by atoms with Crippen molar-refractivity contribution in [1.82, 2.24) is 5.43 Å². The van der Waals surface area contributed by atoms with E-state index in [1.807, 2.05) is 62.4 Å². The van der Waals surface area contributed by atoms with Crippen molar-refractivity contribution in [3.8, 4) is 5.75 Å². The predicted molar refractivity (Wildman–Crippen MR) is 97.4 cm³/mol. The van der Waals surface area contributed by atoms with Crippen LogP contribution in [0.4, 0.5) is 0 Å². The van der Waals surface area contributed by atoms with E-state index in [2.05, 4.69) is 17.5 Å². The Labute approximate surface area is 143 Å². The van der Waals surface area contributed by atoms with Gasteiger partial charge in [0.05, 0.1) is 5.71 Å². The average Bonchev–Trinajstić information content (AvgIpc) is 2.60. The molecule has 24 heavy (non-hydrogen) atoms. The molecule has 0 aliphatic carbocycles. The summed E-state index contributed by atoms with van der Waals surface area (Å²) in [7, 11) is 0. The number of carbonyl (C=O) groups excluding carboxylic acids is 1. The summed E-state index contributed by atoms with van der Waals surface area (Å²) in [4.78, 5) is 12.0. The number of ether oxygens (including phenoxy) is 1. The average molecular weight is 324 g/mol. The second-order valence-corrected chi connectivity index (χ2v) is 5.70. The van der Waals surface area contributed by atoms with E-state index in [1.54, 1.807) is 0 Å². The van der Waals surface area contributed by atoms with Crippen LogP contribution in [-0.2, 0) is 4.79 Å². The van der Waals surface area contributed by atoms with Crippen LogP contribution in [0.3, 0.4) is 0 Å². The molecule has 0 saturated heterocycles. The zero-order chi connectivity index (χ0) is 17.4. The van der Waals surface area contributed by atoms with Crippen molar-refractivity contribution in [3.05, 3.63) is 65.2 Å². The van der Waals surface area contributed by atoms with Gasteiger partial charge >= 0.3 is 0 Å². The zero-order valence-electron chi connectivity index (χ0n) is 14.5. The topological polar surface area (TPSA) is 50.7 Å². The van der Waals surface area contributed by atoms with Crippen molar-refractivity contribution >= 4 is 11.6 Å². The molecular weight excluding hydrogens is 300 g/mol. The maximum Gasteiger partial charge on any atom is 0.277 e. The van der Waals surface area contributed by atoms with E-state index >= 15 is 0 Å². The van der Waals surface area contributed by atoms with Gasteiger partial charge in [0.1, 0.15) is 5.75 Å². The SMILES string of the molecule is CCC/C(=N\NC(=O)COc1cccc(C)c1C)c1ccccc1. The number of hydrazone groups is 1. The summed E-state index contributed by atoms with van der Waals surface area (Å²) < 4.78 is 5.60. The van der Waals surface area contributed by atoms with E-state index in [0.29, 0.717) is 0 Å². The van der Waals surface area contributed by atoms with Gasteiger partial charge in [0, 0.05) is 0 Å². The van der Waals surface area contributed by atoms with Gasteiger partial charge in [-0.05, 0) is 43.0 Å². The minimum Gasteiger partial charge on any atom is -0.483 e. The van der Waals surface area contributed by atoms with Gasteiger partial charge in [-0.25, -0.2) is 5.43 Å². The van der Waals surface area contributed by atoms with Crippen LogP contribution in [0.5, 0.6) is 5.75 Å². The van der Waals surface area contributed by atoms with Crippen molar-refractivity contribution in [2.45, 2.75) is 33.6 Å². The van der Waals surface area contributed by atoms with Crippen LogP contribution in [0, 0.1) is 13.8 Å². The molecule has 2 rings (SSSR count). The third kappa shape index (κ3) is 4.95. The zero-order valence-corrected chi connectivity index (χ0v) is 14.5. The number of aryl methyl sites for hydroxylation is 1. The Balaban J connectivity index is 1.96. The quantitative estimate of drug-likeness (QED) is 0.618. The Bertz CT molecular complexity index is 709. The number of nitrogens with one attached hydrogen (secondary N) is 1. The molecule has 0 aliphatic heterocycles. The summed E-state index contributed by atoms with van der Waals surface area (Å²) in [5.41, 5.74) is 6.68. The number of benzene rings is 2. The lowest BCUT2D eigenvalue weighted by atomic mass is 10.1. The molecule has 0 atom stereocenters. The molecule has 2 aromatic rings. The van der Waals surface area contributed by atoms with Crippen LogP contribution in [0.2, 0.25) is 0 Å². The highest BCUT2D eigenvalue weighted by molar-refractivity contribution is 6.01. The predicted octanol–water partition coefficient (Wildman–Crippen LogP) is 4.00. The summed E-state index contributed by atoms with van der Waals surface area (Å²) in [6.07, 6.45) is 1.77. The Morgan fingerprint density at radius 2 is 1.83 bits per heavy atom. The molecular formula is C20H24N2O2. The minimum absolute atomic E-state index is 0.0536. The Kier molecular flexibility index (Phi) is 6.55. The molecule has 0 unspecified atom stereocenters. The molecule has 0 spiro atoms. The Morgan fingerprint density at radius 3 is 2.54 bits per heavy atom. The van der Waals surface area contributed by atoms with Crippen molar-refractivity contribution in [2.75, 3.05) is 6.61 Å². The van der Waals surface area contributed by atoms with Crippen molar-refractivity contribution in [3.63, 3.8) is 0 Å². The highest BCUT2D eigenvalue weighted by Crippen LogP contribution is 2.20. The van der Waals surface area contributed by atoms with Gasteiger partial charge in [0.2, 0.25) is 0 Å². The van der Waals surface area contributed by atoms with Gasteiger partial charge < -0.3 is 4.74 Å². The highest BCUT2D eigenvalue weighted by Gasteiger charge is 2.07. The maximum atomic E-state index is 12.0. The molecule has 0 aliphatic rings. The summed E-state index contributed by atoms with van der Waals surface area (Å²) in [6.45, 7) is 6.03. The second-order valence-electron chi connectivity index (χ2n) is 5.70. The first-order valence-corrected chi connectivity index (χ1v) is 8.21. The van der Waals surface area contributed by atoms with E-state index in [1.165, 1.54) is 0 Å². The van der Waals surface area contributed by atoms with Crippen molar-refractivity contribution in [1.29, 1.82) is 0 Å². The Hall–Kier alpha value is -2.62. The molecule has 0 radical (unpaired) electrons. The van der Waals surface area contributed by atoms with Crippen LogP contribution in [0.15, 0.2) is 53.6 Å². The lowest BCUT2D eigenvalue weighted by Gasteiger charge is -2.10. The summed E-state index contributed by atoms with van der Waals surface area (Å²) in [5, 5.41) is 4.27. The summed E-state index contributed by atoms with van der Waals surface area (Å²) >= 11 is 0. The molecule has 126 valence electrons. The standard InChI is InChI=1S/C20H24N2O2/c1-4-9-18(17-11-6-5-7-12-17)21-22-20(23)14-24-19-13-8-10-15(2)16(19)3/h5-8,10-13H,4,9,14H2,1-3H3,(H,22,23)/b21-18+. The molecule has 4 nitrogen and oxygen atoms in total. The van der Waals surface area contributed by atoms with Gasteiger partial charge in [0.25, 0.3) is 5.91 Å². The van der Waals surface area contributed by atoms with Crippen molar-refractivity contribution in [2.24, 2.45) is 5.10 Å². The lowest BCUT2D eigenvalue weighted by molar-refractivity contribution is -0.123. The summed E-state index contributed by atoms with van der Waals surface area (Å²) in [5.74, 6) is 0.464. The van der Waals surface area contributed by atoms with Crippen LogP contribution in [-0.4, -0.2) is 18.2 Å². The van der Waals surface area contributed by atoms with Gasteiger partial charge in [-0.1, -0.05) is 55.8 Å². The molecule has 1 N–H and O–H groups in total. The third-order valence-electron chi connectivity index (χ3n) is 3.82. The van der Waals surface area contributed by atoms with E-state index in [4.69, 9.17) is 4.74 Å². The van der Waals surface area contributed by atoms with Crippen LogP contribution >= 0.6 is 0 Å². The first-order chi connectivity index (χ1) is 11.6. The van der Waals surface area contributed by atoms with Crippen LogP contribution in [0.1, 0.15) is 36.5 Å². The molecule has 1 amide bonds. The largest absolute Gasteiger partial charge is 0.483 e. The number of amides is 1. The summed E-state index contributed by atoms with van der Waals surface area (Å²) in [6, 6.07) is 15.7. The van der Waals surface area contributed by atoms with E-state index in [9.17, 15) is 4.79 Å². The van der Waals surface area contributed by atoms with Gasteiger partial charge in [-0.2, -0.15) is 5.10 Å². The molecule has 4 heteroatoms.